The lowest BCUT2D eigenvalue weighted by Crippen LogP contribution is -2.51. The first-order valence-corrected chi connectivity index (χ1v) is 11.1. The van der Waals surface area contributed by atoms with E-state index >= 15 is 0 Å². The average Bonchev–Trinajstić information content (AvgIpc) is 2.86. The van der Waals surface area contributed by atoms with Gasteiger partial charge in [0.15, 0.2) is 11.5 Å². The van der Waals surface area contributed by atoms with Crippen molar-refractivity contribution in [2.45, 2.75) is 19.4 Å². The van der Waals surface area contributed by atoms with Gasteiger partial charge in [0.25, 0.3) is 0 Å². The number of hydrogen-bond donors (Lipinski definition) is 1. The summed E-state index contributed by atoms with van der Waals surface area (Å²) < 4.78 is 16.1. The van der Waals surface area contributed by atoms with Gasteiger partial charge >= 0.3 is 0 Å². The van der Waals surface area contributed by atoms with E-state index in [1.807, 2.05) is 47.4 Å². The summed E-state index contributed by atoms with van der Waals surface area (Å²) in [7, 11) is 4.72. The summed E-state index contributed by atoms with van der Waals surface area (Å²) in [5, 5.41) is 2.95. The van der Waals surface area contributed by atoms with Crippen molar-refractivity contribution in [2.75, 3.05) is 54.1 Å². The SMILES string of the molecule is COc1cc(CCC(=O)N2CCN(CC(=O)NCc3ccccc3)CC2)cc(OC)c1OC. The third-order valence-electron chi connectivity index (χ3n) is 5.78. The zero-order valence-electron chi connectivity index (χ0n) is 19.6. The van der Waals surface area contributed by atoms with Crippen molar-refractivity contribution in [3.8, 4) is 17.2 Å². The molecule has 0 aliphatic carbocycles. The van der Waals surface area contributed by atoms with Gasteiger partial charge in [-0.2, -0.15) is 0 Å². The maximum absolute atomic E-state index is 12.7. The van der Waals surface area contributed by atoms with Crippen LogP contribution in [0.3, 0.4) is 0 Å². The number of methoxy groups -OCH3 is 3. The molecule has 2 aromatic rings. The van der Waals surface area contributed by atoms with Gasteiger partial charge in [0.05, 0.1) is 27.9 Å². The number of nitrogens with one attached hydrogen (secondary N) is 1. The number of amides is 2. The predicted octanol–water partition coefficient (Wildman–Crippen LogP) is 2.11. The summed E-state index contributed by atoms with van der Waals surface area (Å²) in [6.45, 7) is 3.50. The first-order valence-electron chi connectivity index (χ1n) is 11.1. The summed E-state index contributed by atoms with van der Waals surface area (Å²) in [5.74, 6) is 1.81. The van der Waals surface area contributed by atoms with Gasteiger partial charge < -0.3 is 24.4 Å². The molecule has 0 atom stereocenters. The Morgan fingerprint density at radius 2 is 1.52 bits per heavy atom. The quantitative estimate of drug-likeness (QED) is 0.591. The molecule has 2 amide bonds. The number of rotatable bonds is 10. The Hall–Kier alpha value is -3.26. The summed E-state index contributed by atoms with van der Waals surface area (Å²) in [6.07, 6.45) is 0.980. The second kappa shape index (κ2) is 12.1. The number of carbonyl (C=O) groups excluding carboxylic acids is 2. The Balaban J connectivity index is 1.42. The normalized spacial score (nSPS) is 14.0. The van der Waals surface area contributed by atoms with E-state index in [9.17, 15) is 9.59 Å². The minimum atomic E-state index is 0.000954. The topological polar surface area (TPSA) is 80.3 Å². The van der Waals surface area contributed by atoms with Crippen LogP contribution in [-0.4, -0.2) is 75.7 Å². The fourth-order valence-corrected chi connectivity index (χ4v) is 3.90. The maximum atomic E-state index is 12.7. The molecule has 0 spiro atoms. The van der Waals surface area contributed by atoms with Crippen LogP contribution in [-0.2, 0) is 22.6 Å². The molecule has 0 radical (unpaired) electrons. The van der Waals surface area contributed by atoms with Crippen LogP contribution in [0.25, 0.3) is 0 Å². The van der Waals surface area contributed by atoms with Crippen LogP contribution in [0.4, 0.5) is 0 Å². The van der Waals surface area contributed by atoms with E-state index in [4.69, 9.17) is 14.2 Å². The molecule has 0 saturated carbocycles. The van der Waals surface area contributed by atoms with Crippen LogP contribution >= 0.6 is 0 Å². The van der Waals surface area contributed by atoms with Crippen LogP contribution < -0.4 is 19.5 Å². The third-order valence-corrected chi connectivity index (χ3v) is 5.78. The van der Waals surface area contributed by atoms with Crippen molar-refractivity contribution in [3.05, 3.63) is 53.6 Å². The van der Waals surface area contributed by atoms with Crippen LogP contribution in [0.5, 0.6) is 17.2 Å². The second-order valence-electron chi connectivity index (χ2n) is 7.95. The minimum Gasteiger partial charge on any atom is -0.493 e. The number of hydrogen-bond acceptors (Lipinski definition) is 6. The number of aryl methyl sites for hydroxylation is 1. The highest BCUT2D eigenvalue weighted by atomic mass is 16.5. The van der Waals surface area contributed by atoms with Gasteiger partial charge in [-0.25, -0.2) is 0 Å². The van der Waals surface area contributed by atoms with Crippen molar-refractivity contribution in [2.24, 2.45) is 0 Å². The van der Waals surface area contributed by atoms with Crippen LogP contribution in [0.15, 0.2) is 42.5 Å². The number of nitrogens with zero attached hydrogens (tertiary/aromatic N) is 2. The van der Waals surface area contributed by atoms with E-state index in [0.29, 0.717) is 69.4 Å². The third kappa shape index (κ3) is 6.86. The minimum absolute atomic E-state index is 0.000954. The van der Waals surface area contributed by atoms with Crippen molar-refractivity contribution < 1.29 is 23.8 Å². The second-order valence-corrected chi connectivity index (χ2v) is 7.95. The molecular formula is C25H33N3O5. The summed E-state index contributed by atoms with van der Waals surface area (Å²) in [6, 6.07) is 13.6. The number of benzene rings is 2. The Morgan fingerprint density at radius 3 is 2.09 bits per heavy atom. The summed E-state index contributed by atoms with van der Waals surface area (Å²) in [4.78, 5) is 28.9. The van der Waals surface area contributed by atoms with Gasteiger partial charge in [-0.05, 0) is 29.7 Å². The molecule has 33 heavy (non-hydrogen) atoms. The largest absolute Gasteiger partial charge is 0.493 e. The molecule has 0 aromatic heterocycles. The van der Waals surface area contributed by atoms with Crippen molar-refractivity contribution >= 4 is 11.8 Å². The first kappa shape index (κ1) is 24.4. The molecule has 1 aliphatic heterocycles. The Kier molecular flexibility index (Phi) is 8.95. The van der Waals surface area contributed by atoms with Crippen molar-refractivity contribution in [3.63, 3.8) is 0 Å². The van der Waals surface area contributed by atoms with E-state index in [2.05, 4.69) is 10.2 Å². The monoisotopic (exact) mass is 455 g/mol. The smallest absolute Gasteiger partial charge is 0.234 e. The number of carbonyl (C=O) groups is 2. The number of piperazine rings is 1. The summed E-state index contributed by atoms with van der Waals surface area (Å²) in [5.41, 5.74) is 2.03. The van der Waals surface area contributed by atoms with Gasteiger partial charge in [-0.15, -0.1) is 0 Å². The molecular weight excluding hydrogens is 422 g/mol. The molecule has 1 aliphatic rings. The van der Waals surface area contributed by atoms with Crippen molar-refractivity contribution in [1.82, 2.24) is 15.1 Å². The summed E-state index contributed by atoms with van der Waals surface area (Å²) >= 11 is 0. The molecule has 1 heterocycles. The Morgan fingerprint density at radius 1 is 0.879 bits per heavy atom. The molecule has 0 bridgehead atoms. The lowest BCUT2D eigenvalue weighted by molar-refractivity contribution is -0.133. The molecule has 3 rings (SSSR count). The molecule has 1 fully saturated rings. The average molecular weight is 456 g/mol. The zero-order valence-corrected chi connectivity index (χ0v) is 19.6. The molecule has 8 nitrogen and oxygen atoms in total. The lowest BCUT2D eigenvalue weighted by Gasteiger charge is -2.34. The van der Waals surface area contributed by atoms with Crippen LogP contribution in [0, 0.1) is 0 Å². The van der Waals surface area contributed by atoms with Gasteiger partial charge in [0, 0.05) is 39.1 Å². The van der Waals surface area contributed by atoms with Crippen LogP contribution in [0.2, 0.25) is 0 Å². The van der Waals surface area contributed by atoms with Gasteiger partial charge in [-0.1, -0.05) is 30.3 Å². The molecule has 8 heteroatoms. The fraction of sp³-hybridized carbons (Fsp3) is 0.440. The fourth-order valence-electron chi connectivity index (χ4n) is 3.90. The molecule has 1 saturated heterocycles. The predicted molar refractivity (Wildman–Crippen MR) is 126 cm³/mol. The van der Waals surface area contributed by atoms with Crippen molar-refractivity contribution in [1.29, 1.82) is 0 Å². The zero-order chi connectivity index (χ0) is 23.6. The standard InChI is InChI=1S/C25H33N3O5/c1-31-21-15-20(16-22(32-2)25(21)33-3)9-10-24(30)28-13-11-27(12-14-28)18-23(29)26-17-19-7-5-4-6-8-19/h4-8,15-16H,9-14,17-18H2,1-3H3,(H,26,29). The Labute approximate surface area is 195 Å². The van der Waals surface area contributed by atoms with E-state index < -0.39 is 0 Å². The highest BCUT2D eigenvalue weighted by Gasteiger charge is 2.22. The molecule has 2 aromatic carbocycles. The molecule has 178 valence electrons. The van der Waals surface area contributed by atoms with Gasteiger partial charge in [0.1, 0.15) is 0 Å². The van der Waals surface area contributed by atoms with Gasteiger partial charge in [0.2, 0.25) is 17.6 Å². The van der Waals surface area contributed by atoms with E-state index in [1.54, 1.807) is 21.3 Å². The molecule has 1 N–H and O–H groups in total. The highest BCUT2D eigenvalue weighted by Crippen LogP contribution is 2.38. The lowest BCUT2D eigenvalue weighted by atomic mass is 10.1. The van der Waals surface area contributed by atoms with Gasteiger partial charge in [-0.3, -0.25) is 14.5 Å². The van der Waals surface area contributed by atoms with Crippen LogP contribution in [0.1, 0.15) is 17.5 Å². The molecule has 0 unspecified atom stereocenters. The van der Waals surface area contributed by atoms with E-state index in [-0.39, 0.29) is 11.8 Å². The first-order chi connectivity index (χ1) is 16.0. The Bertz CT molecular complexity index is 902. The number of ether oxygens (including phenoxy) is 3. The van der Waals surface area contributed by atoms with E-state index in [0.717, 1.165) is 11.1 Å². The highest BCUT2D eigenvalue weighted by molar-refractivity contribution is 5.78. The maximum Gasteiger partial charge on any atom is 0.234 e. The van der Waals surface area contributed by atoms with E-state index in [1.165, 1.54) is 0 Å².